The lowest BCUT2D eigenvalue weighted by atomic mass is 9.90. The summed E-state index contributed by atoms with van der Waals surface area (Å²) < 4.78 is 38.4. The molecule has 2 atom stereocenters. The highest BCUT2D eigenvalue weighted by Gasteiger charge is 2.39. The molecule has 1 saturated carbocycles. The predicted octanol–water partition coefficient (Wildman–Crippen LogP) is 3.11. The minimum atomic E-state index is -4.51. The van der Waals surface area contributed by atoms with Gasteiger partial charge in [0.15, 0.2) is 0 Å². The van der Waals surface area contributed by atoms with Gasteiger partial charge >= 0.3 is 6.18 Å². The normalized spacial score (nSPS) is 22.2. The van der Waals surface area contributed by atoms with Gasteiger partial charge in [0, 0.05) is 12.3 Å². The highest BCUT2D eigenvalue weighted by molar-refractivity contribution is 5.83. The van der Waals surface area contributed by atoms with Gasteiger partial charge in [-0.1, -0.05) is 18.2 Å². The highest BCUT2D eigenvalue weighted by atomic mass is 19.4. The highest BCUT2D eigenvalue weighted by Crippen LogP contribution is 2.39. The molecule has 98 valence electrons. The van der Waals surface area contributed by atoms with Crippen LogP contribution in [0.5, 0.6) is 0 Å². The zero-order valence-corrected chi connectivity index (χ0v) is 9.57. The van der Waals surface area contributed by atoms with Crippen LogP contribution in [0.25, 0.3) is 0 Å². The molecule has 0 radical (unpaired) electrons. The smallest absolute Gasteiger partial charge is 0.388 e. The minimum Gasteiger partial charge on any atom is -0.388 e. The average Bonchev–Trinajstić information content (AvgIpc) is 2.73. The Hall–Kier alpha value is -1.36. The number of ketones is 1. The third-order valence-corrected chi connectivity index (χ3v) is 3.32. The van der Waals surface area contributed by atoms with Gasteiger partial charge in [-0.3, -0.25) is 4.79 Å². The Morgan fingerprint density at radius 3 is 2.50 bits per heavy atom. The summed E-state index contributed by atoms with van der Waals surface area (Å²) in [5, 5.41) is 10.0. The van der Waals surface area contributed by atoms with E-state index in [4.69, 9.17) is 0 Å². The maximum Gasteiger partial charge on any atom is 0.416 e. The van der Waals surface area contributed by atoms with Gasteiger partial charge in [0.25, 0.3) is 0 Å². The molecular weight excluding hydrogens is 245 g/mol. The van der Waals surface area contributed by atoms with Gasteiger partial charge in [-0.25, -0.2) is 0 Å². The lowest BCUT2D eigenvalue weighted by Crippen LogP contribution is -2.20. The molecule has 1 aliphatic carbocycles. The first-order valence-corrected chi connectivity index (χ1v) is 5.78. The van der Waals surface area contributed by atoms with Crippen LogP contribution in [-0.2, 0) is 11.0 Å². The maximum atomic E-state index is 12.8. The zero-order chi connectivity index (χ0) is 13.3. The SMILES string of the molecule is O=C1CCCC1C(O)c1ccccc1C(F)(F)F. The topological polar surface area (TPSA) is 37.3 Å². The first-order valence-electron chi connectivity index (χ1n) is 5.78. The molecule has 1 aromatic carbocycles. The van der Waals surface area contributed by atoms with Crippen molar-refractivity contribution in [2.24, 2.45) is 5.92 Å². The van der Waals surface area contributed by atoms with Crippen LogP contribution in [0.1, 0.15) is 36.5 Å². The number of carbonyl (C=O) groups excluding carboxylic acids is 1. The molecule has 2 unspecified atom stereocenters. The van der Waals surface area contributed by atoms with E-state index in [1.54, 1.807) is 0 Å². The lowest BCUT2D eigenvalue weighted by molar-refractivity contribution is -0.140. The first-order chi connectivity index (χ1) is 8.41. The number of hydrogen-bond donors (Lipinski definition) is 1. The summed E-state index contributed by atoms with van der Waals surface area (Å²) in [5.41, 5.74) is -1.07. The molecule has 0 aromatic heterocycles. The fraction of sp³-hybridized carbons (Fsp3) is 0.462. The van der Waals surface area contributed by atoms with E-state index in [2.05, 4.69) is 0 Å². The number of benzene rings is 1. The quantitative estimate of drug-likeness (QED) is 0.885. The van der Waals surface area contributed by atoms with Crippen molar-refractivity contribution in [3.05, 3.63) is 35.4 Å². The van der Waals surface area contributed by atoms with Crippen LogP contribution in [0, 0.1) is 5.92 Å². The molecule has 5 heteroatoms. The summed E-state index contributed by atoms with van der Waals surface area (Å²) in [6.45, 7) is 0. The van der Waals surface area contributed by atoms with Crippen LogP contribution in [0.2, 0.25) is 0 Å². The number of aliphatic hydroxyl groups excluding tert-OH is 1. The van der Waals surface area contributed by atoms with E-state index >= 15 is 0 Å². The van der Waals surface area contributed by atoms with Gasteiger partial charge in [0.05, 0.1) is 11.7 Å². The summed E-state index contributed by atoms with van der Waals surface area (Å²) in [5.74, 6) is -0.854. The fourth-order valence-electron chi connectivity index (χ4n) is 2.41. The second kappa shape index (κ2) is 4.72. The van der Waals surface area contributed by atoms with Gasteiger partial charge in [0.2, 0.25) is 0 Å². The molecule has 2 rings (SSSR count). The minimum absolute atomic E-state index is 0.153. The Morgan fingerprint density at radius 2 is 1.94 bits per heavy atom. The number of halogens is 3. The largest absolute Gasteiger partial charge is 0.416 e. The lowest BCUT2D eigenvalue weighted by Gasteiger charge is -2.21. The second-order valence-corrected chi connectivity index (χ2v) is 4.49. The molecule has 1 N–H and O–H groups in total. The molecule has 0 spiro atoms. The molecule has 2 nitrogen and oxygen atoms in total. The van der Waals surface area contributed by atoms with Crippen molar-refractivity contribution in [3.8, 4) is 0 Å². The van der Waals surface area contributed by atoms with E-state index in [0.29, 0.717) is 19.3 Å². The van der Waals surface area contributed by atoms with Crippen LogP contribution >= 0.6 is 0 Å². The van der Waals surface area contributed by atoms with E-state index in [1.165, 1.54) is 18.2 Å². The van der Waals surface area contributed by atoms with E-state index in [0.717, 1.165) is 6.07 Å². The summed E-state index contributed by atoms with van der Waals surface area (Å²) >= 11 is 0. The monoisotopic (exact) mass is 258 g/mol. The molecule has 1 fully saturated rings. The van der Waals surface area contributed by atoms with Crippen LogP contribution in [0.15, 0.2) is 24.3 Å². The number of aliphatic hydroxyl groups is 1. The average molecular weight is 258 g/mol. The molecular formula is C13H13F3O2. The van der Waals surface area contributed by atoms with Crippen molar-refractivity contribution in [1.29, 1.82) is 0 Å². The number of Topliss-reactive ketones (excluding diaryl/α,β-unsaturated/α-hetero) is 1. The Balaban J connectivity index is 2.36. The van der Waals surface area contributed by atoms with Crippen LogP contribution in [0.3, 0.4) is 0 Å². The van der Waals surface area contributed by atoms with Crippen LogP contribution in [-0.4, -0.2) is 10.9 Å². The van der Waals surface area contributed by atoms with E-state index in [-0.39, 0.29) is 11.3 Å². The molecule has 0 heterocycles. The zero-order valence-electron chi connectivity index (χ0n) is 9.57. The third-order valence-electron chi connectivity index (χ3n) is 3.32. The molecule has 18 heavy (non-hydrogen) atoms. The van der Waals surface area contributed by atoms with Gasteiger partial charge < -0.3 is 5.11 Å². The third kappa shape index (κ3) is 2.41. The van der Waals surface area contributed by atoms with Gasteiger partial charge in [-0.05, 0) is 24.5 Å². The standard InChI is InChI=1S/C13H13F3O2/c14-13(15,16)10-6-2-1-4-8(10)12(18)9-5-3-7-11(9)17/h1-2,4,6,9,12,18H,3,5,7H2. The van der Waals surface area contributed by atoms with Gasteiger partial charge in [0.1, 0.15) is 5.78 Å². The molecule has 0 aliphatic heterocycles. The Labute approximate surface area is 102 Å². The molecule has 1 aromatic rings. The summed E-state index contributed by atoms with van der Waals surface area (Å²) in [6, 6.07) is 4.87. The number of hydrogen-bond acceptors (Lipinski definition) is 2. The number of carbonyl (C=O) groups is 1. The molecule has 0 amide bonds. The van der Waals surface area contributed by atoms with E-state index < -0.39 is 23.8 Å². The number of rotatable bonds is 2. The van der Waals surface area contributed by atoms with Crippen LogP contribution < -0.4 is 0 Å². The van der Waals surface area contributed by atoms with Crippen molar-refractivity contribution in [3.63, 3.8) is 0 Å². The summed E-state index contributed by atoms with van der Waals surface area (Å²) in [4.78, 5) is 11.5. The van der Waals surface area contributed by atoms with Crippen molar-refractivity contribution in [1.82, 2.24) is 0 Å². The van der Waals surface area contributed by atoms with E-state index in [9.17, 15) is 23.1 Å². The van der Waals surface area contributed by atoms with Crippen molar-refractivity contribution < 1.29 is 23.1 Å². The Kier molecular flexibility index (Phi) is 3.43. The van der Waals surface area contributed by atoms with Gasteiger partial charge in [-0.2, -0.15) is 13.2 Å². The predicted molar refractivity (Wildman–Crippen MR) is 58.8 cm³/mol. The Morgan fingerprint density at radius 1 is 1.28 bits per heavy atom. The fourth-order valence-corrected chi connectivity index (χ4v) is 2.41. The molecule has 0 saturated heterocycles. The van der Waals surface area contributed by atoms with Crippen molar-refractivity contribution in [2.75, 3.05) is 0 Å². The first kappa shape index (κ1) is 13.1. The van der Waals surface area contributed by atoms with Crippen LogP contribution in [0.4, 0.5) is 13.2 Å². The van der Waals surface area contributed by atoms with Crippen molar-refractivity contribution >= 4 is 5.78 Å². The second-order valence-electron chi connectivity index (χ2n) is 4.49. The van der Waals surface area contributed by atoms with Crippen molar-refractivity contribution in [2.45, 2.75) is 31.5 Å². The Bertz CT molecular complexity index is 454. The summed E-state index contributed by atoms with van der Waals surface area (Å²) in [6.07, 6.45) is -4.45. The molecule has 1 aliphatic rings. The molecule has 0 bridgehead atoms. The number of alkyl halides is 3. The summed E-state index contributed by atoms with van der Waals surface area (Å²) in [7, 11) is 0. The maximum absolute atomic E-state index is 12.8. The van der Waals surface area contributed by atoms with Gasteiger partial charge in [-0.15, -0.1) is 0 Å². The van der Waals surface area contributed by atoms with E-state index in [1.807, 2.05) is 0 Å².